The monoisotopic (exact) mass is 225 g/mol. The molecule has 0 saturated heterocycles. The third-order valence-electron chi connectivity index (χ3n) is 2.79. The summed E-state index contributed by atoms with van der Waals surface area (Å²) in [4.78, 5) is 15.7. The Labute approximate surface area is 98.7 Å². The van der Waals surface area contributed by atoms with Gasteiger partial charge < -0.3 is 5.32 Å². The van der Waals surface area contributed by atoms with Crippen LogP contribution in [0.4, 0.5) is 10.6 Å². The lowest BCUT2D eigenvalue weighted by atomic mass is 9.98. The van der Waals surface area contributed by atoms with E-state index < -0.39 is 0 Å². The van der Waals surface area contributed by atoms with Gasteiger partial charge in [-0.2, -0.15) is 0 Å². The number of carbonyl (C=O) groups is 1. The molecule has 2 N–H and O–H groups in total. The molecule has 1 aromatic heterocycles. The normalized spacial score (nSPS) is 17.9. The number of hydrogen-bond donors (Lipinski definition) is 2. The van der Waals surface area contributed by atoms with Crippen LogP contribution in [0.25, 0.3) is 0 Å². The van der Waals surface area contributed by atoms with Crippen molar-refractivity contribution in [1.82, 2.24) is 10.3 Å². The van der Waals surface area contributed by atoms with Gasteiger partial charge in [0.15, 0.2) is 0 Å². The van der Waals surface area contributed by atoms with E-state index in [4.69, 9.17) is 0 Å². The molecule has 2 heterocycles. The summed E-state index contributed by atoms with van der Waals surface area (Å²) in [5.74, 6) is 0.630. The number of rotatable bonds is 1. The molecular weight excluding hydrogens is 214 g/mol. The van der Waals surface area contributed by atoms with Crippen molar-refractivity contribution in [2.45, 2.75) is 6.04 Å². The minimum atomic E-state index is -0.218. The highest BCUT2D eigenvalue weighted by Crippen LogP contribution is 2.29. The maximum Gasteiger partial charge on any atom is 0.321 e. The van der Waals surface area contributed by atoms with Gasteiger partial charge in [-0.1, -0.05) is 36.4 Å². The van der Waals surface area contributed by atoms with E-state index in [0.29, 0.717) is 5.82 Å². The Bertz CT molecular complexity index is 554. The molecule has 0 bridgehead atoms. The number of fused-ring (bicyclic) bond motifs is 1. The maximum absolute atomic E-state index is 11.5. The predicted molar refractivity (Wildman–Crippen MR) is 64.7 cm³/mol. The first-order chi connectivity index (χ1) is 8.34. The molecule has 4 nitrogen and oxygen atoms in total. The number of benzene rings is 1. The zero-order chi connectivity index (χ0) is 11.7. The quantitative estimate of drug-likeness (QED) is 0.782. The third-order valence-corrected chi connectivity index (χ3v) is 2.79. The van der Waals surface area contributed by atoms with Crippen molar-refractivity contribution in [1.29, 1.82) is 0 Å². The van der Waals surface area contributed by atoms with E-state index in [0.717, 1.165) is 11.1 Å². The van der Waals surface area contributed by atoms with Crippen LogP contribution in [0.2, 0.25) is 0 Å². The summed E-state index contributed by atoms with van der Waals surface area (Å²) in [5, 5.41) is 5.60. The van der Waals surface area contributed by atoms with Gasteiger partial charge in [-0.05, 0) is 11.6 Å². The van der Waals surface area contributed by atoms with Crippen molar-refractivity contribution in [3.8, 4) is 0 Å². The smallest absolute Gasteiger partial charge is 0.321 e. The molecule has 1 aliphatic rings. The number of amides is 2. The van der Waals surface area contributed by atoms with Gasteiger partial charge in [0.25, 0.3) is 0 Å². The molecule has 1 aromatic carbocycles. The average molecular weight is 225 g/mol. The number of nitrogens with zero attached hydrogens (tertiary/aromatic N) is 1. The van der Waals surface area contributed by atoms with Gasteiger partial charge in [0.05, 0.1) is 6.04 Å². The fourth-order valence-corrected chi connectivity index (χ4v) is 2.02. The number of pyridine rings is 1. The Kier molecular flexibility index (Phi) is 2.26. The van der Waals surface area contributed by atoms with Crippen LogP contribution < -0.4 is 10.6 Å². The molecule has 1 atom stereocenters. The van der Waals surface area contributed by atoms with Crippen molar-refractivity contribution in [3.63, 3.8) is 0 Å². The number of urea groups is 1. The molecule has 84 valence electrons. The van der Waals surface area contributed by atoms with Crippen LogP contribution in [0, 0.1) is 0 Å². The van der Waals surface area contributed by atoms with Crippen molar-refractivity contribution < 1.29 is 4.79 Å². The van der Waals surface area contributed by atoms with Crippen LogP contribution in [-0.4, -0.2) is 11.0 Å². The second-order valence-corrected chi connectivity index (χ2v) is 3.88. The second kappa shape index (κ2) is 3.90. The molecule has 0 saturated carbocycles. The van der Waals surface area contributed by atoms with Crippen LogP contribution in [0.3, 0.4) is 0 Å². The Hall–Kier alpha value is -2.36. The first kappa shape index (κ1) is 9.84. The number of hydrogen-bond acceptors (Lipinski definition) is 2. The van der Waals surface area contributed by atoms with Gasteiger partial charge in [0, 0.05) is 11.8 Å². The van der Waals surface area contributed by atoms with Gasteiger partial charge in [-0.25, -0.2) is 9.78 Å². The van der Waals surface area contributed by atoms with E-state index in [1.807, 2.05) is 42.5 Å². The maximum atomic E-state index is 11.5. The van der Waals surface area contributed by atoms with Gasteiger partial charge in [0.2, 0.25) is 0 Å². The van der Waals surface area contributed by atoms with E-state index >= 15 is 0 Å². The lowest BCUT2D eigenvalue weighted by molar-refractivity contribution is 0.249. The predicted octanol–water partition coefficient (Wildman–Crippen LogP) is 2.31. The second-order valence-electron chi connectivity index (χ2n) is 3.88. The van der Waals surface area contributed by atoms with E-state index in [-0.39, 0.29) is 12.1 Å². The van der Waals surface area contributed by atoms with Crippen molar-refractivity contribution >= 4 is 11.8 Å². The van der Waals surface area contributed by atoms with E-state index in [2.05, 4.69) is 15.6 Å². The van der Waals surface area contributed by atoms with Crippen LogP contribution in [-0.2, 0) is 0 Å². The first-order valence-corrected chi connectivity index (χ1v) is 5.42. The first-order valence-electron chi connectivity index (χ1n) is 5.42. The molecule has 0 aliphatic carbocycles. The Balaban J connectivity index is 2.10. The number of nitrogens with one attached hydrogen (secondary N) is 2. The van der Waals surface area contributed by atoms with E-state index in [9.17, 15) is 4.79 Å². The zero-order valence-corrected chi connectivity index (χ0v) is 9.05. The number of carbonyl (C=O) groups excluding carboxylic acids is 1. The summed E-state index contributed by atoms with van der Waals surface area (Å²) in [5.41, 5.74) is 2.04. The van der Waals surface area contributed by atoms with Crippen molar-refractivity contribution in [2.24, 2.45) is 0 Å². The van der Waals surface area contributed by atoms with Crippen LogP contribution in [0.1, 0.15) is 17.2 Å². The standard InChI is InChI=1S/C13H11N3O/c17-13-15-11(9-5-2-1-3-6-9)10-7-4-8-14-12(10)16-13/h1-8,11H,(H2,14,15,16,17). The number of anilines is 1. The Morgan fingerprint density at radius 3 is 2.71 bits per heavy atom. The highest BCUT2D eigenvalue weighted by molar-refractivity contribution is 5.92. The minimum absolute atomic E-state index is 0.131. The molecule has 0 spiro atoms. The molecule has 1 aliphatic heterocycles. The largest absolute Gasteiger partial charge is 0.327 e. The topological polar surface area (TPSA) is 54.0 Å². The molecule has 4 heteroatoms. The zero-order valence-electron chi connectivity index (χ0n) is 9.05. The van der Waals surface area contributed by atoms with Gasteiger partial charge in [-0.3, -0.25) is 5.32 Å². The highest BCUT2D eigenvalue weighted by Gasteiger charge is 2.25. The summed E-state index contributed by atoms with van der Waals surface area (Å²) in [6, 6.07) is 13.3. The summed E-state index contributed by atoms with van der Waals surface area (Å²) in [6.07, 6.45) is 1.67. The van der Waals surface area contributed by atoms with E-state index in [1.165, 1.54) is 0 Å². The van der Waals surface area contributed by atoms with Crippen molar-refractivity contribution in [2.75, 3.05) is 5.32 Å². The average Bonchev–Trinajstić information content (AvgIpc) is 2.39. The summed E-state index contributed by atoms with van der Waals surface area (Å²) >= 11 is 0. The lowest BCUT2D eigenvalue weighted by Gasteiger charge is -2.26. The molecule has 2 aromatic rings. The third kappa shape index (κ3) is 1.73. The van der Waals surface area contributed by atoms with Crippen LogP contribution >= 0.6 is 0 Å². The summed E-state index contributed by atoms with van der Waals surface area (Å²) in [7, 11) is 0. The fraction of sp³-hybridized carbons (Fsp3) is 0.0769. The SMILES string of the molecule is O=C1Nc2ncccc2C(c2ccccc2)N1. The lowest BCUT2D eigenvalue weighted by Crippen LogP contribution is -2.38. The van der Waals surface area contributed by atoms with Crippen molar-refractivity contribution in [3.05, 3.63) is 59.8 Å². The molecule has 3 rings (SSSR count). The minimum Gasteiger partial charge on any atom is -0.327 e. The summed E-state index contributed by atoms with van der Waals surface area (Å²) < 4.78 is 0. The Morgan fingerprint density at radius 2 is 1.88 bits per heavy atom. The van der Waals surface area contributed by atoms with Crippen LogP contribution in [0.5, 0.6) is 0 Å². The molecule has 1 unspecified atom stereocenters. The van der Waals surface area contributed by atoms with Crippen LogP contribution in [0.15, 0.2) is 48.7 Å². The highest BCUT2D eigenvalue weighted by atomic mass is 16.2. The van der Waals surface area contributed by atoms with Gasteiger partial charge in [-0.15, -0.1) is 0 Å². The van der Waals surface area contributed by atoms with E-state index in [1.54, 1.807) is 6.20 Å². The Morgan fingerprint density at radius 1 is 1.06 bits per heavy atom. The molecule has 2 amide bonds. The van der Waals surface area contributed by atoms with Gasteiger partial charge in [0.1, 0.15) is 5.82 Å². The molecular formula is C13H11N3O. The molecule has 0 radical (unpaired) electrons. The van der Waals surface area contributed by atoms with Gasteiger partial charge >= 0.3 is 6.03 Å². The fourth-order valence-electron chi connectivity index (χ4n) is 2.02. The number of aromatic nitrogens is 1. The summed E-state index contributed by atoms with van der Waals surface area (Å²) in [6.45, 7) is 0. The molecule has 17 heavy (non-hydrogen) atoms. The molecule has 0 fully saturated rings.